The fraction of sp³-hybridized carbons (Fsp3) is 0.581. The first-order valence-electron chi connectivity index (χ1n) is 14.3. The Bertz CT molecular complexity index is 1090. The predicted octanol–water partition coefficient (Wildman–Crippen LogP) is 3.18. The lowest BCUT2D eigenvalue weighted by molar-refractivity contribution is -0.143. The molecule has 2 heterocycles. The summed E-state index contributed by atoms with van der Waals surface area (Å²) in [5, 5.41) is 11.3. The first-order valence-corrected chi connectivity index (χ1v) is 14.3. The van der Waals surface area contributed by atoms with Crippen molar-refractivity contribution >= 4 is 11.6 Å². The van der Waals surface area contributed by atoms with Crippen molar-refractivity contribution in [3.05, 3.63) is 53.6 Å². The van der Waals surface area contributed by atoms with Crippen molar-refractivity contribution in [3.63, 3.8) is 0 Å². The summed E-state index contributed by atoms with van der Waals surface area (Å²) in [5.41, 5.74) is 9.25. The van der Waals surface area contributed by atoms with Crippen LogP contribution in [0.3, 0.4) is 0 Å². The third-order valence-electron chi connectivity index (χ3n) is 7.70. The van der Waals surface area contributed by atoms with Gasteiger partial charge in [-0.15, -0.1) is 0 Å². The van der Waals surface area contributed by atoms with Gasteiger partial charge in [-0.1, -0.05) is 32.0 Å². The van der Waals surface area contributed by atoms with E-state index < -0.39 is 18.2 Å². The number of nitrogens with two attached hydrogens (primary N) is 1. The molecule has 220 valence electrons. The number of ether oxygens (including phenoxy) is 4. The number of rotatable bonds is 12. The van der Waals surface area contributed by atoms with Crippen molar-refractivity contribution in [2.45, 2.75) is 57.5 Å². The number of hydrogen-bond donors (Lipinski definition) is 2. The number of carbonyl (C=O) groups excluding carboxylic acids is 1. The quantitative estimate of drug-likeness (QED) is 0.385. The zero-order valence-corrected chi connectivity index (χ0v) is 24.3. The largest absolute Gasteiger partial charge is 0.497 e. The van der Waals surface area contributed by atoms with E-state index in [1.165, 1.54) is 0 Å². The molecular weight excluding hydrogens is 510 g/mol. The summed E-state index contributed by atoms with van der Waals surface area (Å²) in [4.78, 5) is 17.2. The third kappa shape index (κ3) is 7.46. The van der Waals surface area contributed by atoms with Gasteiger partial charge in [-0.05, 0) is 54.2 Å². The molecule has 4 atom stereocenters. The minimum absolute atomic E-state index is 0.146. The number of carbonyl (C=O) groups is 1. The van der Waals surface area contributed by atoms with E-state index >= 15 is 0 Å². The zero-order valence-electron chi connectivity index (χ0n) is 24.3. The maximum absolute atomic E-state index is 13.2. The fourth-order valence-electron chi connectivity index (χ4n) is 5.68. The van der Waals surface area contributed by atoms with Gasteiger partial charge < -0.3 is 39.6 Å². The highest BCUT2D eigenvalue weighted by atomic mass is 16.5. The number of likely N-dealkylation sites (tertiary alicyclic amines) is 1. The first-order chi connectivity index (χ1) is 19.3. The van der Waals surface area contributed by atoms with Gasteiger partial charge in [0.15, 0.2) is 0 Å². The molecular formula is C31H45N3O6. The molecule has 1 amide bonds. The molecule has 40 heavy (non-hydrogen) atoms. The van der Waals surface area contributed by atoms with E-state index in [2.05, 4.69) is 11.0 Å². The molecule has 1 saturated heterocycles. The molecule has 0 aromatic heterocycles. The van der Waals surface area contributed by atoms with Gasteiger partial charge in [0.1, 0.15) is 18.1 Å². The lowest BCUT2D eigenvalue weighted by Crippen LogP contribution is -2.57. The molecule has 0 spiro atoms. The second kappa shape index (κ2) is 14.2. The number of piperidine rings is 1. The van der Waals surface area contributed by atoms with E-state index in [1.807, 2.05) is 50.2 Å². The Morgan fingerprint density at radius 3 is 2.62 bits per heavy atom. The van der Waals surface area contributed by atoms with Crippen molar-refractivity contribution in [2.24, 2.45) is 11.7 Å². The summed E-state index contributed by atoms with van der Waals surface area (Å²) >= 11 is 0. The highest BCUT2D eigenvalue weighted by Gasteiger charge is 2.40. The van der Waals surface area contributed by atoms with Crippen LogP contribution in [0.1, 0.15) is 43.7 Å². The number of fused-ring (bicyclic) bond motifs is 1. The van der Waals surface area contributed by atoms with Crippen LogP contribution < -0.4 is 20.1 Å². The Morgan fingerprint density at radius 1 is 1.15 bits per heavy atom. The Labute approximate surface area is 238 Å². The van der Waals surface area contributed by atoms with E-state index in [1.54, 1.807) is 19.1 Å². The monoisotopic (exact) mass is 555 g/mol. The molecule has 2 aromatic carbocycles. The summed E-state index contributed by atoms with van der Waals surface area (Å²) in [6, 6.07) is 13.2. The Morgan fingerprint density at radius 2 is 1.93 bits per heavy atom. The highest BCUT2D eigenvalue weighted by molar-refractivity contribution is 5.82. The van der Waals surface area contributed by atoms with E-state index in [0.29, 0.717) is 38.7 Å². The average Bonchev–Trinajstić information content (AvgIpc) is 2.95. The third-order valence-corrected chi connectivity index (χ3v) is 7.70. The van der Waals surface area contributed by atoms with Crippen molar-refractivity contribution in [1.29, 1.82) is 0 Å². The number of hydrogen-bond acceptors (Lipinski definition) is 8. The number of methoxy groups -OCH3 is 2. The average molecular weight is 556 g/mol. The number of aliphatic hydroxyl groups excluding tert-OH is 1. The van der Waals surface area contributed by atoms with Crippen LogP contribution in [0, 0.1) is 5.92 Å². The fourth-order valence-corrected chi connectivity index (χ4v) is 5.68. The number of benzene rings is 2. The van der Waals surface area contributed by atoms with Crippen LogP contribution >= 0.6 is 0 Å². The number of aliphatic hydroxyl groups is 1. The zero-order chi connectivity index (χ0) is 28.6. The second-order valence-corrected chi connectivity index (χ2v) is 11.2. The molecule has 2 aliphatic rings. The van der Waals surface area contributed by atoms with Crippen LogP contribution in [-0.2, 0) is 20.9 Å². The van der Waals surface area contributed by atoms with Crippen LogP contribution in [0.4, 0.5) is 5.69 Å². The highest BCUT2D eigenvalue weighted by Crippen LogP contribution is 2.35. The van der Waals surface area contributed by atoms with Crippen LogP contribution in [0.2, 0.25) is 0 Å². The lowest BCUT2D eigenvalue weighted by atomic mass is 9.84. The number of nitrogens with zero attached hydrogens (tertiary/aromatic N) is 2. The molecule has 0 radical (unpaired) electrons. The summed E-state index contributed by atoms with van der Waals surface area (Å²) in [5.74, 6) is 1.46. The molecule has 2 aliphatic heterocycles. The van der Waals surface area contributed by atoms with Crippen LogP contribution in [-0.4, -0.2) is 87.8 Å². The number of anilines is 1. The lowest BCUT2D eigenvalue weighted by Gasteiger charge is -2.42. The molecule has 0 unspecified atom stereocenters. The smallest absolute Gasteiger partial charge is 0.239 e. The van der Waals surface area contributed by atoms with Crippen molar-refractivity contribution < 1.29 is 28.8 Å². The minimum atomic E-state index is -0.796. The predicted molar refractivity (Wildman–Crippen MR) is 155 cm³/mol. The Hall–Kier alpha value is -2.85. The van der Waals surface area contributed by atoms with E-state index in [4.69, 9.17) is 24.7 Å². The second-order valence-electron chi connectivity index (χ2n) is 11.2. The maximum atomic E-state index is 13.2. The van der Waals surface area contributed by atoms with E-state index in [0.717, 1.165) is 47.8 Å². The van der Waals surface area contributed by atoms with Gasteiger partial charge in [-0.2, -0.15) is 0 Å². The summed E-state index contributed by atoms with van der Waals surface area (Å²) < 4.78 is 23.0. The molecule has 9 heteroatoms. The van der Waals surface area contributed by atoms with Crippen LogP contribution in [0.15, 0.2) is 42.5 Å². The van der Waals surface area contributed by atoms with Gasteiger partial charge in [-0.25, -0.2) is 0 Å². The molecule has 0 saturated carbocycles. The maximum Gasteiger partial charge on any atom is 0.239 e. The Kier molecular flexibility index (Phi) is 10.7. The molecule has 0 bridgehead atoms. The van der Waals surface area contributed by atoms with Gasteiger partial charge in [0.2, 0.25) is 5.91 Å². The normalized spacial score (nSPS) is 21.6. The molecule has 3 N–H and O–H groups in total. The summed E-state index contributed by atoms with van der Waals surface area (Å²) in [6.07, 6.45) is 0.313. The van der Waals surface area contributed by atoms with E-state index in [9.17, 15) is 9.90 Å². The van der Waals surface area contributed by atoms with Gasteiger partial charge >= 0.3 is 0 Å². The number of amides is 1. The topological polar surface area (TPSA) is 107 Å². The molecule has 1 fully saturated rings. The SMILES string of the molecule is COCCCN1CCOc2ccc(CO[C@H]3CN(C(=O)[C@@H](N)CC(C)C)C[C@@H](O)[C@@H]3c3ccc(OC)cc3)cc21. The molecule has 0 aliphatic carbocycles. The Balaban J connectivity index is 1.53. The summed E-state index contributed by atoms with van der Waals surface area (Å²) in [6.45, 7) is 8.08. The van der Waals surface area contributed by atoms with Crippen molar-refractivity contribution in [2.75, 3.05) is 58.5 Å². The standard InChI is InChI=1S/C31H45N3O6/c1-21(2)16-25(32)31(36)34-18-27(35)30(23-7-9-24(38-4)10-8-23)29(19-34)40-20-22-6-11-28-26(17-22)33(13-15-39-28)12-5-14-37-3/h6-11,17,21,25,27,29-30,35H,5,12-16,18-20,32H2,1-4H3/t25-,27+,29-,30-/m0/s1. The molecule has 2 aromatic rings. The molecule has 9 nitrogen and oxygen atoms in total. The van der Waals surface area contributed by atoms with Gasteiger partial charge in [-0.3, -0.25) is 4.79 Å². The van der Waals surface area contributed by atoms with Gasteiger partial charge in [0, 0.05) is 39.3 Å². The van der Waals surface area contributed by atoms with E-state index in [-0.39, 0.29) is 18.4 Å². The van der Waals surface area contributed by atoms with Gasteiger partial charge in [0.25, 0.3) is 0 Å². The van der Waals surface area contributed by atoms with Gasteiger partial charge in [0.05, 0.1) is 44.2 Å². The summed E-state index contributed by atoms with van der Waals surface area (Å²) in [7, 11) is 3.35. The van der Waals surface area contributed by atoms with Crippen molar-refractivity contribution in [1.82, 2.24) is 4.90 Å². The van der Waals surface area contributed by atoms with Crippen molar-refractivity contribution in [3.8, 4) is 11.5 Å². The minimum Gasteiger partial charge on any atom is -0.497 e. The first kappa shape index (κ1) is 30.1. The number of β-amino-alcohol motifs (C(OH)–C–C–N with tert-alkyl or cyclic N) is 1. The van der Waals surface area contributed by atoms with Crippen LogP contribution in [0.5, 0.6) is 11.5 Å². The van der Waals surface area contributed by atoms with Crippen LogP contribution in [0.25, 0.3) is 0 Å². The molecule has 4 rings (SSSR count).